The Kier molecular flexibility index (Phi) is 8.87. The lowest BCUT2D eigenvalue weighted by molar-refractivity contribution is 0.220. The van der Waals surface area contributed by atoms with E-state index in [1.54, 1.807) is 7.11 Å². The fourth-order valence-electron chi connectivity index (χ4n) is 3.26. The molecule has 0 bridgehead atoms. The van der Waals surface area contributed by atoms with Crippen LogP contribution in [-0.4, -0.2) is 31.1 Å². The molecular weight excluding hydrogens is 451 g/mol. The Balaban J connectivity index is 0.00000261. The molecule has 1 heterocycles. The van der Waals surface area contributed by atoms with Gasteiger partial charge in [-0.1, -0.05) is 30.7 Å². The highest BCUT2D eigenvalue weighted by molar-refractivity contribution is 14.0. The highest BCUT2D eigenvalue weighted by Crippen LogP contribution is 2.17. The Bertz CT molecular complexity index is 727. The molecule has 0 saturated carbocycles. The number of aliphatic imine (C=N–C) groups is 1. The number of likely N-dealkylation sites (tertiary alicyclic amines) is 1. The highest BCUT2D eigenvalue weighted by Gasteiger charge is 2.12. The second kappa shape index (κ2) is 11.1. The van der Waals surface area contributed by atoms with E-state index in [1.807, 2.05) is 24.3 Å². The summed E-state index contributed by atoms with van der Waals surface area (Å²) >= 11 is 0. The van der Waals surface area contributed by atoms with Gasteiger partial charge in [-0.05, 0) is 61.3 Å². The Morgan fingerprint density at radius 3 is 2.37 bits per heavy atom. The van der Waals surface area contributed by atoms with Crippen LogP contribution in [0.5, 0.6) is 5.75 Å². The van der Waals surface area contributed by atoms with Crippen LogP contribution in [0.3, 0.4) is 0 Å². The zero-order chi connectivity index (χ0) is 18.2. The fourth-order valence-corrected chi connectivity index (χ4v) is 3.26. The summed E-state index contributed by atoms with van der Waals surface area (Å²) in [7, 11) is 1.65. The molecule has 27 heavy (non-hydrogen) atoms. The SMILES string of the molecule is COc1ccc(NC(N)=NCc2ccccc2CN2CCCCC2)cc1.I. The number of rotatable bonds is 6. The monoisotopic (exact) mass is 480 g/mol. The number of halogens is 1. The lowest BCUT2D eigenvalue weighted by Crippen LogP contribution is -2.29. The second-order valence-electron chi connectivity index (χ2n) is 6.66. The molecule has 0 aromatic heterocycles. The summed E-state index contributed by atoms with van der Waals surface area (Å²) in [6.07, 6.45) is 3.97. The van der Waals surface area contributed by atoms with Crippen LogP contribution >= 0.6 is 24.0 Å². The van der Waals surface area contributed by atoms with Gasteiger partial charge in [-0.3, -0.25) is 4.90 Å². The molecule has 0 unspecified atom stereocenters. The predicted octanol–water partition coefficient (Wildman–Crippen LogP) is 4.23. The van der Waals surface area contributed by atoms with Gasteiger partial charge in [-0.25, -0.2) is 4.99 Å². The van der Waals surface area contributed by atoms with Crippen molar-refractivity contribution in [1.29, 1.82) is 0 Å². The van der Waals surface area contributed by atoms with Crippen molar-refractivity contribution in [2.75, 3.05) is 25.5 Å². The van der Waals surface area contributed by atoms with Crippen molar-refractivity contribution in [3.8, 4) is 5.75 Å². The maximum atomic E-state index is 6.06. The van der Waals surface area contributed by atoms with Crippen molar-refractivity contribution in [2.45, 2.75) is 32.4 Å². The van der Waals surface area contributed by atoms with E-state index in [2.05, 4.69) is 39.5 Å². The van der Waals surface area contributed by atoms with Crippen LogP contribution in [0.25, 0.3) is 0 Å². The smallest absolute Gasteiger partial charge is 0.193 e. The van der Waals surface area contributed by atoms with E-state index in [0.29, 0.717) is 12.5 Å². The molecule has 0 spiro atoms. The number of benzene rings is 2. The molecule has 5 nitrogen and oxygen atoms in total. The molecule has 2 aromatic carbocycles. The van der Waals surface area contributed by atoms with Crippen molar-refractivity contribution in [3.05, 3.63) is 59.7 Å². The number of anilines is 1. The summed E-state index contributed by atoms with van der Waals surface area (Å²) in [6, 6.07) is 16.1. The molecule has 3 rings (SSSR count). The van der Waals surface area contributed by atoms with E-state index >= 15 is 0 Å². The lowest BCUT2D eigenvalue weighted by atomic mass is 10.1. The first kappa shape index (κ1) is 21.5. The van der Waals surface area contributed by atoms with Crippen LogP contribution in [0, 0.1) is 0 Å². The third-order valence-electron chi connectivity index (χ3n) is 4.74. The molecule has 0 amide bonds. The van der Waals surface area contributed by atoms with Crippen LogP contribution in [0.1, 0.15) is 30.4 Å². The zero-order valence-electron chi connectivity index (χ0n) is 15.9. The number of nitrogens with zero attached hydrogens (tertiary/aromatic N) is 2. The number of ether oxygens (including phenoxy) is 1. The maximum absolute atomic E-state index is 6.06. The second-order valence-corrected chi connectivity index (χ2v) is 6.66. The van der Waals surface area contributed by atoms with Crippen LogP contribution in [0.2, 0.25) is 0 Å². The molecule has 0 atom stereocenters. The van der Waals surface area contributed by atoms with E-state index in [1.165, 1.54) is 43.5 Å². The Labute approximate surface area is 179 Å². The standard InChI is InChI=1S/C21H28N4O.HI/c1-26-20-11-9-19(10-12-20)24-21(22)23-15-17-7-3-4-8-18(17)16-25-13-5-2-6-14-25;/h3-4,7-12H,2,5-6,13-16H2,1H3,(H3,22,23,24);1H. The average Bonchev–Trinajstić information content (AvgIpc) is 2.69. The van der Waals surface area contributed by atoms with Crippen molar-refractivity contribution < 1.29 is 4.74 Å². The van der Waals surface area contributed by atoms with Gasteiger partial charge in [0.1, 0.15) is 5.75 Å². The van der Waals surface area contributed by atoms with Gasteiger partial charge >= 0.3 is 0 Å². The van der Waals surface area contributed by atoms with Crippen molar-refractivity contribution in [1.82, 2.24) is 4.90 Å². The van der Waals surface area contributed by atoms with Gasteiger partial charge in [0, 0.05) is 12.2 Å². The minimum absolute atomic E-state index is 0. The minimum Gasteiger partial charge on any atom is -0.497 e. The van der Waals surface area contributed by atoms with Crippen molar-refractivity contribution in [2.24, 2.45) is 10.7 Å². The topological polar surface area (TPSA) is 62.9 Å². The number of methoxy groups -OCH3 is 1. The summed E-state index contributed by atoms with van der Waals surface area (Å²) in [5, 5.41) is 3.13. The molecule has 1 saturated heterocycles. The van der Waals surface area contributed by atoms with Crippen molar-refractivity contribution >= 4 is 35.6 Å². The number of hydrogen-bond acceptors (Lipinski definition) is 3. The molecule has 146 valence electrons. The number of guanidine groups is 1. The van der Waals surface area contributed by atoms with Crippen molar-refractivity contribution in [3.63, 3.8) is 0 Å². The number of nitrogens with one attached hydrogen (secondary N) is 1. The Morgan fingerprint density at radius 2 is 1.70 bits per heavy atom. The van der Waals surface area contributed by atoms with E-state index < -0.39 is 0 Å². The molecule has 0 aliphatic carbocycles. The third kappa shape index (κ3) is 6.70. The third-order valence-corrected chi connectivity index (χ3v) is 4.74. The normalized spacial score (nSPS) is 15.1. The predicted molar refractivity (Wildman–Crippen MR) is 123 cm³/mol. The Morgan fingerprint density at radius 1 is 1.04 bits per heavy atom. The first-order valence-electron chi connectivity index (χ1n) is 9.25. The van der Waals surface area contributed by atoms with E-state index in [-0.39, 0.29) is 24.0 Å². The van der Waals surface area contributed by atoms with Gasteiger partial charge in [-0.15, -0.1) is 24.0 Å². The van der Waals surface area contributed by atoms with Gasteiger partial charge in [-0.2, -0.15) is 0 Å². The maximum Gasteiger partial charge on any atom is 0.193 e. The number of hydrogen-bond donors (Lipinski definition) is 2. The van der Waals surface area contributed by atoms with Crippen LogP contribution < -0.4 is 15.8 Å². The fraction of sp³-hybridized carbons (Fsp3) is 0.381. The minimum atomic E-state index is 0. The average molecular weight is 480 g/mol. The first-order valence-corrected chi connectivity index (χ1v) is 9.25. The molecule has 1 aliphatic heterocycles. The quantitative estimate of drug-likeness (QED) is 0.369. The van der Waals surface area contributed by atoms with Gasteiger partial charge < -0.3 is 15.8 Å². The zero-order valence-corrected chi connectivity index (χ0v) is 18.2. The van der Waals surface area contributed by atoms with Crippen LogP contribution in [0.15, 0.2) is 53.5 Å². The summed E-state index contributed by atoms with van der Waals surface area (Å²) in [4.78, 5) is 7.05. The first-order chi connectivity index (χ1) is 12.7. The van der Waals surface area contributed by atoms with Gasteiger partial charge in [0.2, 0.25) is 0 Å². The molecule has 0 radical (unpaired) electrons. The van der Waals surface area contributed by atoms with Crippen LogP contribution in [-0.2, 0) is 13.1 Å². The number of piperidine rings is 1. The largest absolute Gasteiger partial charge is 0.497 e. The Hall–Kier alpha value is -1.80. The molecule has 2 aromatic rings. The van der Waals surface area contributed by atoms with E-state index in [9.17, 15) is 0 Å². The molecule has 1 aliphatic rings. The summed E-state index contributed by atoms with van der Waals surface area (Å²) in [6.45, 7) is 3.97. The molecule has 1 fully saturated rings. The highest BCUT2D eigenvalue weighted by atomic mass is 127. The molecular formula is C21H29IN4O. The van der Waals surface area contributed by atoms with Gasteiger partial charge in [0.15, 0.2) is 5.96 Å². The number of nitrogens with two attached hydrogens (primary N) is 1. The van der Waals surface area contributed by atoms with Gasteiger partial charge in [0.25, 0.3) is 0 Å². The van der Waals surface area contributed by atoms with E-state index in [0.717, 1.165) is 18.0 Å². The molecule has 3 N–H and O–H groups in total. The molecule has 6 heteroatoms. The summed E-state index contributed by atoms with van der Waals surface area (Å²) in [5.41, 5.74) is 9.53. The van der Waals surface area contributed by atoms with Crippen LogP contribution in [0.4, 0.5) is 5.69 Å². The summed E-state index contributed by atoms with van der Waals surface area (Å²) in [5.74, 6) is 1.24. The lowest BCUT2D eigenvalue weighted by Gasteiger charge is -2.27. The summed E-state index contributed by atoms with van der Waals surface area (Å²) < 4.78 is 5.16. The van der Waals surface area contributed by atoms with Gasteiger partial charge in [0.05, 0.1) is 13.7 Å². The van der Waals surface area contributed by atoms with E-state index in [4.69, 9.17) is 10.5 Å².